The fraction of sp³-hybridized carbons (Fsp3) is 0.442. The van der Waals surface area contributed by atoms with E-state index >= 15 is 0 Å². The molecular weight excluding hydrogens is 544 g/mol. The molecule has 0 aliphatic rings. The molecule has 4 rings (SSSR count). The third kappa shape index (κ3) is 11.4. The minimum atomic E-state index is -0.142. The second kappa shape index (κ2) is 18.4. The number of rotatable bonds is 20. The molecule has 0 spiro atoms. The molecule has 4 aromatic carbocycles. The molecule has 240 valence electrons. The lowest BCUT2D eigenvalue weighted by Gasteiger charge is -2.27. The van der Waals surface area contributed by atoms with Crippen LogP contribution in [-0.4, -0.2) is 0 Å². The molecule has 0 unspecified atom stereocenters. The predicted octanol–water partition coefficient (Wildman–Crippen LogP) is 13.3. The number of hydrogen-bond donors (Lipinski definition) is 2. The summed E-state index contributed by atoms with van der Waals surface area (Å²) in [5.74, 6) is 0. The molecule has 45 heavy (non-hydrogen) atoms. The molecule has 0 saturated carbocycles. The predicted molar refractivity (Wildman–Crippen MR) is 199 cm³/mol. The Morgan fingerprint density at radius 1 is 0.422 bits per heavy atom. The van der Waals surface area contributed by atoms with Crippen LogP contribution in [0.4, 0.5) is 22.7 Å². The first kappa shape index (κ1) is 34.4. The monoisotopic (exact) mass is 602 g/mol. The Bertz CT molecular complexity index is 1280. The van der Waals surface area contributed by atoms with E-state index in [9.17, 15) is 0 Å². The van der Waals surface area contributed by atoms with Crippen LogP contribution in [0.2, 0.25) is 0 Å². The molecule has 0 fully saturated rings. The number of unbranched alkanes of at least 4 members (excludes halogenated alkanes) is 10. The average molecular weight is 603 g/mol. The first-order valence-electron chi connectivity index (χ1n) is 17.9. The maximum Gasteiger partial charge on any atom is 0.0387 e. The summed E-state index contributed by atoms with van der Waals surface area (Å²) in [5, 5.41) is 7.29. The van der Waals surface area contributed by atoms with Crippen LogP contribution in [0.5, 0.6) is 0 Å². The molecule has 0 heterocycles. The van der Waals surface area contributed by atoms with Gasteiger partial charge in [-0.3, -0.25) is 0 Å². The van der Waals surface area contributed by atoms with Crippen molar-refractivity contribution < 1.29 is 0 Å². The third-order valence-electron chi connectivity index (χ3n) is 9.29. The molecule has 0 aromatic heterocycles. The molecule has 0 amide bonds. The van der Waals surface area contributed by atoms with Crippen molar-refractivity contribution in [2.75, 3.05) is 10.6 Å². The summed E-state index contributed by atoms with van der Waals surface area (Å²) < 4.78 is 0. The van der Waals surface area contributed by atoms with Crippen LogP contribution in [0.25, 0.3) is 0 Å². The van der Waals surface area contributed by atoms with E-state index in [-0.39, 0.29) is 5.41 Å². The van der Waals surface area contributed by atoms with Crippen LogP contribution >= 0.6 is 0 Å². The van der Waals surface area contributed by atoms with Gasteiger partial charge < -0.3 is 10.6 Å². The highest BCUT2D eigenvalue weighted by atomic mass is 14.9. The van der Waals surface area contributed by atoms with E-state index in [1.807, 2.05) is 0 Å². The summed E-state index contributed by atoms with van der Waals surface area (Å²) in [7, 11) is 0. The van der Waals surface area contributed by atoms with Gasteiger partial charge >= 0.3 is 0 Å². The van der Waals surface area contributed by atoms with Gasteiger partial charge in [0.15, 0.2) is 0 Å². The number of hydrogen-bond acceptors (Lipinski definition) is 2. The quantitative estimate of drug-likeness (QED) is 0.0983. The summed E-state index contributed by atoms with van der Waals surface area (Å²) in [4.78, 5) is 0. The largest absolute Gasteiger partial charge is 0.356 e. The second-order valence-electron chi connectivity index (χ2n) is 13.5. The molecule has 2 heteroatoms. The normalized spacial score (nSPS) is 11.5. The molecule has 0 atom stereocenters. The lowest BCUT2D eigenvalue weighted by Crippen LogP contribution is -2.19. The van der Waals surface area contributed by atoms with Crippen molar-refractivity contribution in [2.45, 2.75) is 123 Å². The maximum absolute atomic E-state index is 3.65. The Hall–Kier alpha value is -3.52. The van der Waals surface area contributed by atoms with E-state index in [0.29, 0.717) is 0 Å². The van der Waals surface area contributed by atoms with Gasteiger partial charge in [0.2, 0.25) is 0 Å². The molecule has 0 aliphatic carbocycles. The highest BCUT2D eigenvalue weighted by Crippen LogP contribution is 2.35. The van der Waals surface area contributed by atoms with Gasteiger partial charge in [-0.2, -0.15) is 0 Å². The van der Waals surface area contributed by atoms with Crippen LogP contribution in [0, 0.1) is 0 Å². The highest BCUT2D eigenvalue weighted by Gasteiger charge is 2.23. The van der Waals surface area contributed by atoms with E-state index in [1.54, 1.807) is 0 Å². The first-order chi connectivity index (χ1) is 22.0. The Balaban J connectivity index is 1.32. The first-order valence-corrected chi connectivity index (χ1v) is 17.9. The number of anilines is 4. The van der Waals surface area contributed by atoms with Crippen LogP contribution in [0.1, 0.15) is 127 Å². The van der Waals surface area contributed by atoms with Crippen molar-refractivity contribution in [3.8, 4) is 0 Å². The summed E-state index contributed by atoms with van der Waals surface area (Å²) >= 11 is 0. The van der Waals surface area contributed by atoms with E-state index in [1.165, 1.54) is 112 Å². The highest BCUT2D eigenvalue weighted by molar-refractivity contribution is 5.64. The van der Waals surface area contributed by atoms with Crippen molar-refractivity contribution in [1.82, 2.24) is 0 Å². The van der Waals surface area contributed by atoms with Crippen LogP contribution in [0.15, 0.2) is 97.1 Å². The van der Waals surface area contributed by atoms with Gasteiger partial charge in [-0.15, -0.1) is 0 Å². The molecule has 2 nitrogen and oxygen atoms in total. The molecular formula is C43H58N2. The number of aryl methyl sites for hydroxylation is 2. The lowest BCUT2D eigenvalue weighted by atomic mass is 9.78. The maximum atomic E-state index is 3.65. The topological polar surface area (TPSA) is 24.1 Å². The summed E-state index contributed by atoms with van der Waals surface area (Å²) in [6, 6.07) is 35.8. The smallest absolute Gasteiger partial charge is 0.0387 e. The molecule has 0 saturated heterocycles. The Morgan fingerprint density at radius 3 is 1.20 bits per heavy atom. The van der Waals surface area contributed by atoms with Gasteiger partial charge in [0, 0.05) is 28.2 Å². The Labute approximate surface area is 275 Å². The Kier molecular flexibility index (Phi) is 14.1. The second-order valence-corrected chi connectivity index (χ2v) is 13.5. The van der Waals surface area contributed by atoms with Crippen molar-refractivity contribution in [1.29, 1.82) is 0 Å². The van der Waals surface area contributed by atoms with Gasteiger partial charge in [-0.25, -0.2) is 0 Å². The van der Waals surface area contributed by atoms with Crippen molar-refractivity contribution in [2.24, 2.45) is 0 Å². The van der Waals surface area contributed by atoms with E-state index in [4.69, 9.17) is 0 Å². The van der Waals surface area contributed by atoms with Gasteiger partial charge in [0.1, 0.15) is 0 Å². The number of benzene rings is 4. The standard InChI is InChI=1S/C43H58N2/c1-5-7-9-11-13-15-19-35-25-29-39(30-26-35)44-41-23-17-21-37(33-41)43(3,4)38-22-18-24-42(34-38)45-40-31-27-36(28-32-40)20-16-14-12-10-8-6-2/h17-18,21-34,44-45H,5-16,19-20H2,1-4H3. The van der Waals surface area contributed by atoms with E-state index < -0.39 is 0 Å². The fourth-order valence-corrected chi connectivity index (χ4v) is 6.20. The number of nitrogens with one attached hydrogen (secondary N) is 2. The average Bonchev–Trinajstić information content (AvgIpc) is 3.06. The van der Waals surface area contributed by atoms with Crippen LogP contribution in [0.3, 0.4) is 0 Å². The summed E-state index contributed by atoms with van der Waals surface area (Å²) in [6.07, 6.45) is 18.5. The zero-order valence-corrected chi connectivity index (χ0v) is 28.6. The lowest BCUT2D eigenvalue weighted by molar-refractivity contribution is 0.607. The zero-order valence-electron chi connectivity index (χ0n) is 28.6. The van der Waals surface area contributed by atoms with Crippen LogP contribution < -0.4 is 10.6 Å². The van der Waals surface area contributed by atoms with Gasteiger partial charge in [-0.1, -0.05) is 140 Å². The summed E-state index contributed by atoms with van der Waals surface area (Å²) in [5.41, 5.74) is 9.84. The van der Waals surface area contributed by atoms with Crippen molar-refractivity contribution in [3.05, 3.63) is 119 Å². The SMILES string of the molecule is CCCCCCCCc1ccc(Nc2cccc(C(C)(C)c3cccc(Nc4ccc(CCCCCCCC)cc4)c3)c2)cc1. The van der Waals surface area contributed by atoms with E-state index in [2.05, 4.69) is 135 Å². The Morgan fingerprint density at radius 2 is 0.800 bits per heavy atom. The van der Waals surface area contributed by atoms with Crippen molar-refractivity contribution >= 4 is 22.7 Å². The fourth-order valence-electron chi connectivity index (χ4n) is 6.20. The van der Waals surface area contributed by atoms with E-state index in [0.717, 1.165) is 22.7 Å². The van der Waals surface area contributed by atoms with Crippen molar-refractivity contribution in [3.63, 3.8) is 0 Å². The van der Waals surface area contributed by atoms with Gasteiger partial charge in [-0.05, 0) is 96.5 Å². The molecule has 0 radical (unpaired) electrons. The van der Waals surface area contributed by atoms with Gasteiger partial charge in [0.25, 0.3) is 0 Å². The third-order valence-corrected chi connectivity index (χ3v) is 9.29. The van der Waals surface area contributed by atoms with Crippen LogP contribution in [-0.2, 0) is 18.3 Å². The molecule has 0 aliphatic heterocycles. The summed E-state index contributed by atoms with van der Waals surface area (Å²) in [6.45, 7) is 9.20. The molecule has 0 bridgehead atoms. The zero-order chi connectivity index (χ0) is 31.7. The molecule has 4 aromatic rings. The molecule has 2 N–H and O–H groups in total. The van der Waals surface area contributed by atoms with Gasteiger partial charge in [0.05, 0.1) is 0 Å². The minimum absolute atomic E-state index is 0.142. The minimum Gasteiger partial charge on any atom is -0.356 e.